The zero-order valence-corrected chi connectivity index (χ0v) is 18.8. The molecular weight excluding hydrogens is 390 g/mol. The van der Waals surface area contributed by atoms with Gasteiger partial charge in [0, 0.05) is 26.2 Å². The normalized spacial score (nSPS) is 32.6. The molecule has 1 spiro atoms. The smallest absolute Gasteiger partial charge is 0.230 e. The lowest BCUT2D eigenvalue weighted by atomic mass is 9.76. The number of rotatable bonds is 4. The molecule has 4 atom stereocenters. The molecule has 31 heavy (non-hydrogen) atoms. The topological polar surface area (TPSA) is 53.1 Å². The number of aryl methyl sites for hydroxylation is 2. The summed E-state index contributed by atoms with van der Waals surface area (Å²) in [4.78, 5) is 33.4. The molecule has 6 nitrogen and oxygen atoms in total. The van der Waals surface area contributed by atoms with Gasteiger partial charge in [0.25, 0.3) is 0 Å². The van der Waals surface area contributed by atoms with Crippen LogP contribution in [0.5, 0.6) is 0 Å². The maximum Gasteiger partial charge on any atom is 0.230 e. The first-order valence-electron chi connectivity index (χ1n) is 11.6. The number of likely N-dealkylation sites (N-methyl/N-ethyl adjacent to an activating group) is 1. The fourth-order valence-corrected chi connectivity index (χ4v) is 5.83. The molecule has 3 fully saturated rings. The summed E-state index contributed by atoms with van der Waals surface area (Å²) >= 11 is 0. The van der Waals surface area contributed by atoms with Crippen molar-refractivity contribution < 1.29 is 14.3 Å². The van der Waals surface area contributed by atoms with Crippen LogP contribution in [0, 0.1) is 25.7 Å². The van der Waals surface area contributed by atoms with Crippen LogP contribution in [0.15, 0.2) is 30.4 Å². The molecule has 0 saturated carbocycles. The molecule has 0 N–H and O–H groups in total. The van der Waals surface area contributed by atoms with Gasteiger partial charge < -0.3 is 19.4 Å². The molecule has 4 aliphatic heterocycles. The van der Waals surface area contributed by atoms with E-state index in [2.05, 4.69) is 43.9 Å². The number of hydrogen-bond acceptors (Lipinski definition) is 4. The molecule has 4 heterocycles. The van der Waals surface area contributed by atoms with Crippen molar-refractivity contribution in [3.63, 3.8) is 0 Å². The summed E-state index contributed by atoms with van der Waals surface area (Å²) in [5.41, 5.74) is 2.97. The zero-order valence-electron chi connectivity index (χ0n) is 18.8. The number of nitrogens with zero attached hydrogens (tertiary/aromatic N) is 3. The van der Waals surface area contributed by atoms with Gasteiger partial charge in [0.2, 0.25) is 11.8 Å². The van der Waals surface area contributed by atoms with E-state index in [1.807, 2.05) is 22.0 Å². The van der Waals surface area contributed by atoms with E-state index in [1.165, 1.54) is 11.1 Å². The third-order valence-corrected chi connectivity index (χ3v) is 7.76. The lowest BCUT2D eigenvalue weighted by Gasteiger charge is -2.29. The number of carbonyl (C=O) groups is 2. The average Bonchev–Trinajstić information content (AvgIpc) is 3.31. The maximum atomic E-state index is 13.6. The molecule has 1 aromatic carbocycles. The molecule has 5 rings (SSSR count). The Labute approximate surface area is 184 Å². The molecule has 0 aromatic heterocycles. The van der Waals surface area contributed by atoms with Crippen molar-refractivity contribution in [3.05, 3.63) is 47.0 Å². The molecule has 2 bridgehead atoms. The largest absolute Gasteiger partial charge is 0.360 e. The van der Waals surface area contributed by atoms with Crippen LogP contribution in [0.1, 0.15) is 30.0 Å². The molecule has 2 amide bonds. The zero-order chi connectivity index (χ0) is 21.8. The number of carbonyl (C=O) groups excluding carboxylic acids is 2. The van der Waals surface area contributed by atoms with Gasteiger partial charge in [-0.2, -0.15) is 0 Å². The first-order valence-corrected chi connectivity index (χ1v) is 11.6. The average molecular weight is 424 g/mol. The van der Waals surface area contributed by atoms with Gasteiger partial charge in [0.05, 0.1) is 24.5 Å². The first kappa shape index (κ1) is 20.7. The minimum absolute atomic E-state index is 0.0634. The van der Waals surface area contributed by atoms with Gasteiger partial charge in [-0.25, -0.2) is 0 Å². The molecule has 0 aliphatic carbocycles. The molecule has 2 unspecified atom stereocenters. The fraction of sp³-hybridized carbons (Fsp3) is 0.600. The summed E-state index contributed by atoms with van der Waals surface area (Å²) in [6.07, 6.45) is 4.78. The summed E-state index contributed by atoms with van der Waals surface area (Å²) in [6.45, 7) is 11.9. The molecule has 6 heteroatoms. The van der Waals surface area contributed by atoms with E-state index in [0.29, 0.717) is 13.1 Å². The number of amides is 2. The van der Waals surface area contributed by atoms with Gasteiger partial charge in [0.1, 0.15) is 5.60 Å². The van der Waals surface area contributed by atoms with Gasteiger partial charge in [0.15, 0.2) is 0 Å². The van der Waals surface area contributed by atoms with E-state index in [9.17, 15) is 9.59 Å². The number of likely N-dealkylation sites (tertiary alicyclic amines) is 1. The lowest BCUT2D eigenvalue weighted by molar-refractivity contribution is -0.143. The monoisotopic (exact) mass is 423 g/mol. The Hall–Kier alpha value is -2.18. The van der Waals surface area contributed by atoms with Crippen molar-refractivity contribution >= 4 is 11.8 Å². The van der Waals surface area contributed by atoms with Gasteiger partial charge in [-0.1, -0.05) is 37.3 Å². The highest BCUT2D eigenvalue weighted by atomic mass is 16.5. The van der Waals surface area contributed by atoms with Gasteiger partial charge in [-0.15, -0.1) is 0 Å². The van der Waals surface area contributed by atoms with Gasteiger partial charge >= 0.3 is 0 Å². The van der Waals surface area contributed by atoms with Crippen molar-refractivity contribution in [2.75, 3.05) is 39.3 Å². The molecule has 3 saturated heterocycles. The van der Waals surface area contributed by atoms with Crippen LogP contribution in [0.4, 0.5) is 0 Å². The summed E-state index contributed by atoms with van der Waals surface area (Å²) in [5.74, 6) is -0.628. The molecular formula is C25H33N3O3. The number of ether oxygens (including phenoxy) is 1. The highest BCUT2D eigenvalue weighted by Gasteiger charge is 2.67. The van der Waals surface area contributed by atoms with Gasteiger partial charge in [-0.3, -0.25) is 9.59 Å². The van der Waals surface area contributed by atoms with E-state index >= 15 is 0 Å². The van der Waals surface area contributed by atoms with Crippen molar-refractivity contribution in [1.82, 2.24) is 14.7 Å². The van der Waals surface area contributed by atoms with Crippen LogP contribution >= 0.6 is 0 Å². The third kappa shape index (κ3) is 3.40. The Balaban J connectivity index is 1.35. The van der Waals surface area contributed by atoms with Gasteiger partial charge in [-0.05, 0) is 50.0 Å². The van der Waals surface area contributed by atoms with Crippen LogP contribution in [0.2, 0.25) is 0 Å². The second-order valence-electron chi connectivity index (χ2n) is 9.63. The van der Waals surface area contributed by atoms with E-state index in [1.54, 1.807) is 0 Å². The molecule has 0 radical (unpaired) electrons. The van der Waals surface area contributed by atoms with Crippen LogP contribution in [-0.2, 0) is 20.9 Å². The van der Waals surface area contributed by atoms with E-state index < -0.39 is 17.4 Å². The fourth-order valence-electron chi connectivity index (χ4n) is 5.83. The van der Waals surface area contributed by atoms with Crippen LogP contribution in [0.3, 0.4) is 0 Å². The summed E-state index contributed by atoms with van der Waals surface area (Å²) < 4.78 is 6.33. The van der Waals surface area contributed by atoms with E-state index in [4.69, 9.17) is 4.74 Å². The summed E-state index contributed by atoms with van der Waals surface area (Å²) in [7, 11) is 0. The van der Waals surface area contributed by atoms with Crippen LogP contribution in [0.25, 0.3) is 0 Å². The second-order valence-corrected chi connectivity index (χ2v) is 9.63. The Morgan fingerprint density at radius 1 is 1.16 bits per heavy atom. The highest BCUT2D eigenvalue weighted by Crippen LogP contribution is 2.52. The number of hydrogen-bond donors (Lipinski definition) is 0. The second kappa shape index (κ2) is 7.75. The number of benzene rings is 1. The van der Waals surface area contributed by atoms with E-state index in [0.717, 1.165) is 44.7 Å². The number of fused-ring (bicyclic) bond motifs is 1. The Bertz CT molecular complexity index is 929. The molecule has 4 aliphatic rings. The predicted molar refractivity (Wildman–Crippen MR) is 118 cm³/mol. The summed E-state index contributed by atoms with van der Waals surface area (Å²) in [5, 5.41) is 0. The van der Waals surface area contributed by atoms with Crippen molar-refractivity contribution in [2.24, 2.45) is 11.8 Å². The first-order chi connectivity index (χ1) is 14.9. The predicted octanol–water partition coefficient (Wildman–Crippen LogP) is 2.14. The quantitative estimate of drug-likeness (QED) is 0.697. The van der Waals surface area contributed by atoms with Crippen molar-refractivity contribution in [2.45, 2.75) is 45.4 Å². The minimum atomic E-state index is -0.636. The minimum Gasteiger partial charge on any atom is -0.360 e. The maximum absolute atomic E-state index is 13.6. The molecule has 1 aromatic rings. The Kier molecular flexibility index (Phi) is 5.18. The Morgan fingerprint density at radius 2 is 2.00 bits per heavy atom. The van der Waals surface area contributed by atoms with Crippen molar-refractivity contribution in [1.29, 1.82) is 0 Å². The van der Waals surface area contributed by atoms with Crippen LogP contribution in [-0.4, -0.2) is 77.5 Å². The third-order valence-electron chi connectivity index (χ3n) is 7.76. The van der Waals surface area contributed by atoms with Crippen LogP contribution < -0.4 is 0 Å². The highest BCUT2D eigenvalue weighted by molar-refractivity contribution is 5.93. The molecule has 166 valence electrons. The van der Waals surface area contributed by atoms with E-state index in [-0.39, 0.29) is 17.9 Å². The standard InChI is InChI=1S/C25H33N3O3/c1-4-26-10-5-11-27(13-12-26)23(29)21-20-8-9-25(31-20)16-28(24(30)22(21)25)15-19-7-6-17(2)18(3)14-19/h6-9,14,20-22H,4-5,10-13,15-16H2,1-3H3/t20-,21?,22?,25-/m1/s1. The Morgan fingerprint density at radius 3 is 2.77 bits per heavy atom. The SMILES string of the molecule is CCN1CCCN(C(=O)C2C3C(=O)N(Cc4ccc(C)c(C)c4)C[C@]34C=C[C@H]2O4)CC1. The lowest BCUT2D eigenvalue weighted by Crippen LogP contribution is -2.47. The summed E-state index contributed by atoms with van der Waals surface area (Å²) in [6, 6.07) is 6.36. The van der Waals surface area contributed by atoms with Crippen molar-refractivity contribution in [3.8, 4) is 0 Å².